The number of nitrogens with one attached hydrogen (secondary N) is 1. The molecule has 7 rings (SSSR count). The summed E-state index contributed by atoms with van der Waals surface area (Å²) in [7, 11) is 0. The maximum atomic E-state index is 16.4. The second-order valence-corrected chi connectivity index (χ2v) is 12.4. The quantitative estimate of drug-likeness (QED) is 0.465. The fourth-order valence-corrected chi connectivity index (χ4v) is 7.34. The van der Waals surface area contributed by atoms with E-state index in [0.717, 1.165) is 45.3 Å². The third-order valence-corrected chi connectivity index (χ3v) is 9.21. The van der Waals surface area contributed by atoms with Crippen molar-refractivity contribution in [1.29, 1.82) is 0 Å². The standard InChI is InChI=1S/C30H35F3N6O/c1-29(2,33)23-7-4-3-6-21(23)25-24(32)26-22(13-34-25)27(38-15-19-8-9-20(16-38)35-19)37-28(36-26)40-17-30-10-5-11-39(30)14-18(31)12-30/h3-4,6-7,13,18-20,35H,5,8-12,14-17H2,1-2H3/t18?,19-,20+,30?. The van der Waals surface area contributed by atoms with Crippen LogP contribution in [0.1, 0.15) is 51.5 Å². The molecule has 4 fully saturated rings. The Bertz CT molecular complexity index is 1430. The molecule has 7 nitrogen and oxygen atoms in total. The van der Waals surface area contributed by atoms with Gasteiger partial charge in [-0.2, -0.15) is 9.97 Å². The Morgan fingerprint density at radius 3 is 2.67 bits per heavy atom. The minimum Gasteiger partial charge on any atom is -0.461 e. The Kier molecular flexibility index (Phi) is 6.19. The summed E-state index contributed by atoms with van der Waals surface area (Å²) in [6.07, 6.45) is 5.17. The van der Waals surface area contributed by atoms with E-state index >= 15 is 8.78 Å². The number of benzene rings is 1. The molecular formula is C30H35F3N6O. The van der Waals surface area contributed by atoms with Gasteiger partial charge in [-0.1, -0.05) is 24.3 Å². The number of aromatic nitrogens is 3. The van der Waals surface area contributed by atoms with Crippen molar-refractivity contribution in [3.63, 3.8) is 0 Å². The lowest BCUT2D eigenvalue weighted by Gasteiger charge is -2.34. The normalized spacial score (nSPS) is 28.4. The minimum atomic E-state index is -1.69. The van der Waals surface area contributed by atoms with Crippen molar-refractivity contribution in [3.05, 3.63) is 41.8 Å². The van der Waals surface area contributed by atoms with E-state index in [1.165, 1.54) is 13.8 Å². The molecule has 4 saturated heterocycles. The predicted octanol–water partition coefficient (Wildman–Crippen LogP) is 4.93. The summed E-state index contributed by atoms with van der Waals surface area (Å²) < 4.78 is 52.1. The van der Waals surface area contributed by atoms with Crippen LogP contribution in [0.2, 0.25) is 0 Å². The van der Waals surface area contributed by atoms with Gasteiger partial charge >= 0.3 is 6.01 Å². The smallest absolute Gasteiger partial charge is 0.319 e. The lowest BCUT2D eigenvalue weighted by molar-refractivity contribution is 0.107. The Balaban J connectivity index is 1.32. The minimum absolute atomic E-state index is 0.0430. The molecule has 212 valence electrons. The average molecular weight is 553 g/mol. The monoisotopic (exact) mass is 552 g/mol. The highest BCUT2D eigenvalue weighted by Gasteiger charge is 2.49. The molecule has 40 heavy (non-hydrogen) atoms. The van der Waals surface area contributed by atoms with Gasteiger partial charge in [0.15, 0.2) is 5.82 Å². The first-order chi connectivity index (χ1) is 19.2. The zero-order valence-corrected chi connectivity index (χ0v) is 23.0. The van der Waals surface area contributed by atoms with Gasteiger partial charge in [-0.05, 0) is 51.6 Å². The van der Waals surface area contributed by atoms with Crippen LogP contribution in [0.5, 0.6) is 6.01 Å². The van der Waals surface area contributed by atoms with E-state index < -0.39 is 17.7 Å². The van der Waals surface area contributed by atoms with Gasteiger partial charge in [0.25, 0.3) is 0 Å². The van der Waals surface area contributed by atoms with Gasteiger partial charge in [-0.3, -0.25) is 9.88 Å². The molecule has 4 aliphatic rings. The highest BCUT2D eigenvalue weighted by Crippen LogP contribution is 2.41. The maximum absolute atomic E-state index is 16.4. The largest absolute Gasteiger partial charge is 0.461 e. The number of hydrogen-bond donors (Lipinski definition) is 1. The first-order valence-corrected chi connectivity index (χ1v) is 14.4. The molecule has 0 aliphatic carbocycles. The SMILES string of the molecule is CC(C)(F)c1ccccc1-c1ncc2c(N3C[C@H]4CC[C@@H](C3)N4)nc(OCC34CCCN3CC(F)C4)nc2c1F. The number of piperazine rings is 1. The number of hydrogen-bond acceptors (Lipinski definition) is 7. The molecule has 10 heteroatoms. The Morgan fingerprint density at radius 2 is 1.90 bits per heavy atom. The third-order valence-electron chi connectivity index (χ3n) is 9.21. The van der Waals surface area contributed by atoms with E-state index in [9.17, 15) is 4.39 Å². The van der Waals surface area contributed by atoms with Gasteiger partial charge in [-0.15, -0.1) is 0 Å². The number of rotatable bonds is 6. The van der Waals surface area contributed by atoms with Gasteiger partial charge in [-0.25, -0.2) is 13.2 Å². The Hall–Kier alpha value is -2.98. The van der Waals surface area contributed by atoms with Crippen LogP contribution >= 0.6 is 0 Å². The van der Waals surface area contributed by atoms with Crippen LogP contribution in [-0.2, 0) is 5.67 Å². The zero-order valence-electron chi connectivity index (χ0n) is 23.0. The Morgan fingerprint density at radius 1 is 1.12 bits per heavy atom. The van der Waals surface area contributed by atoms with Crippen molar-refractivity contribution in [2.75, 3.05) is 37.7 Å². The molecule has 0 amide bonds. The van der Waals surface area contributed by atoms with Gasteiger partial charge in [0.05, 0.1) is 10.9 Å². The number of fused-ring (bicyclic) bond motifs is 4. The first kappa shape index (κ1) is 26.0. The summed E-state index contributed by atoms with van der Waals surface area (Å²) in [5.41, 5.74) is -1.18. The molecule has 1 N–H and O–H groups in total. The number of alkyl halides is 2. The summed E-state index contributed by atoms with van der Waals surface area (Å²) >= 11 is 0. The lowest BCUT2D eigenvalue weighted by Crippen LogP contribution is -2.51. The number of anilines is 1. The summed E-state index contributed by atoms with van der Waals surface area (Å²) in [6, 6.07) is 7.59. The molecule has 0 spiro atoms. The molecule has 0 saturated carbocycles. The van der Waals surface area contributed by atoms with Gasteiger partial charge in [0, 0.05) is 49.9 Å². The van der Waals surface area contributed by atoms with E-state index in [-0.39, 0.29) is 29.4 Å². The highest BCUT2D eigenvalue weighted by molar-refractivity contribution is 5.92. The van der Waals surface area contributed by atoms with Gasteiger partial charge < -0.3 is 15.0 Å². The number of halogens is 3. The van der Waals surface area contributed by atoms with Crippen LogP contribution in [0, 0.1) is 5.82 Å². The van der Waals surface area contributed by atoms with Crippen LogP contribution in [0.15, 0.2) is 30.5 Å². The predicted molar refractivity (Wildman–Crippen MR) is 148 cm³/mol. The van der Waals surface area contributed by atoms with E-state index in [0.29, 0.717) is 47.4 Å². The van der Waals surface area contributed by atoms with Crippen molar-refractivity contribution >= 4 is 16.7 Å². The van der Waals surface area contributed by atoms with Crippen molar-refractivity contribution in [3.8, 4) is 17.3 Å². The van der Waals surface area contributed by atoms with Crippen LogP contribution in [-0.4, -0.2) is 76.4 Å². The summed E-state index contributed by atoms with van der Waals surface area (Å²) in [4.78, 5) is 18.2. The number of nitrogens with zero attached hydrogens (tertiary/aromatic N) is 5. The molecule has 6 heterocycles. The molecule has 2 bridgehead atoms. The first-order valence-electron chi connectivity index (χ1n) is 14.4. The summed E-state index contributed by atoms with van der Waals surface area (Å²) in [5.74, 6) is -0.0443. The lowest BCUT2D eigenvalue weighted by atomic mass is 9.92. The molecule has 3 aromatic rings. The molecule has 4 atom stereocenters. The second-order valence-electron chi connectivity index (χ2n) is 12.4. The molecule has 2 unspecified atom stereocenters. The third kappa shape index (κ3) is 4.40. The van der Waals surface area contributed by atoms with Gasteiger partial charge in [0.2, 0.25) is 0 Å². The van der Waals surface area contributed by atoms with Crippen molar-refractivity contribution in [1.82, 2.24) is 25.2 Å². The van der Waals surface area contributed by atoms with Crippen molar-refractivity contribution in [2.45, 2.75) is 75.4 Å². The van der Waals surface area contributed by atoms with Crippen LogP contribution in [0.25, 0.3) is 22.2 Å². The van der Waals surface area contributed by atoms with Crippen LogP contribution < -0.4 is 15.0 Å². The zero-order chi connectivity index (χ0) is 27.6. The highest BCUT2D eigenvalue weighted by atomic mass is 19.1. The maximum Gasteiger partial charge on any atom is 0.319 e. The van der Waals surface area contributed by atoms with Crippen molar-refractivity contribution in [2.24, 2.45) is 0 Å². The van der Waals surface area contributed by atoms with E-state index in [2.05, 4.69) is 25.1 Å². The van der Waals surface area contributed by atoms with Crippen LogP contribution in [0.3, 0.4) is 0 Å². The number of ether oxygens (including phenoxy) is 1. The molecule has 4 aliphatic heterocycles. The fraction of sp³-hybridized carbons (Fsp3) is 0.567. The summed E-state index contributed by atoms with van der Waals surface area (Å²) in [5, 5.41) is 4.12. The average Bonchev–Trinajstić information content (AvgIpc) is 3.57. The van der Waals surface area contributed by atoms with Crippen LogP contribution in [0.4, 0.5) is 19.0 Å². The molecule has 0 radical (unpaired) electrons. The fourth-order valence-electron chi connectivity index (χ4n) is 7.34. The Labute approximate surface area is 232 Å². The van der Waals surface area contributed by atoms with E-state index in [4.69, 9.17) is 9.72 Å². The van der Waals surface area contributed by atoms with E-state index in [1.807, 2.05) is 0 Å². The molecular weight excluding hydrogens is 517 g/mol. The van der Waals surface area contributed by atoms with Crippen molar-refractivity contribution < 1.29 is 17.9 Å². The number of pyridine rings is 1. The second kappa shape index (κ2) is 9.55. The van der Waals surface area contributed by atoms with Gasteiger partial charge in [0.1, 0.15) is 35.5 Å². The van der Waals surface area contributed by atoms with E-state index in [1.54, 1.807) is 30.5 Å². The summed E-state index contributed by atoms with van der Waals surface area (Å²) in [6.45, 7) is 5.91. The molecule has 1 aromatic carbocycles. The molecule has 2 aromatic heterocycles. The topological polar surface area (TPSA) is 66.4 Å².